The van der Waals surface area contributed by atoms with Gasteiger partial charge < -0.3 is 4.43 Å². The van der Waals surface area contributed by atoms with Gasteiger partial charge in [-0.2, -0.15) is 0 Å². The lowest BCUT2D eigenvalue weighted by Crippen LogP contribution is -2.07. The van der Waals surface area contributed by atoms with Crippen LogP contribution < -0.4 is 0 Å². The van der Waals surface area contributed by atoms with E-state index in [0.717, 1.165) is 5.20 Å². The Kier molecular flexibility index (Phi) is 3.82. The van der Waals surface area contributed by atoms with Crippen LogP contribution in [0.25, 0.3) is 0 Å². The summed E-state index contributed by atoms with van der Waals surface area (Å²) in [6.45, 7) is 9.73. The smallest absolute Gasteiger partial charge is 0.263 e. The van der Waals surface area contributed by atoms with Crippen molar-refractivity contribution in [3.63, 3.8) is 0 Å². The van der Waals surface area contributed by atoms with Gasteiger partial charge in [0.05, 0.1) is 0 Å². The predicted octanol–water partition coefficient (Wildman–Crippen LogP) is 1.56. The second-order valence-electron chi connectivity index (χ2n) is 2.05. The fraction of sp³-hybridized carbons (Fsp3) is 0.667. The van der Waals surface area contributed by atoms with Crippen molar-refractivity contribution < 1.29 is 4.43 Å². The lowest BCUT2D eigenvalue weighted by Gasteiger charge is -2.03. The van der Waals surface area contributed by atoms with Gasteiger partial charge >= 0.3 is 0 Å². The van der Waals surface area contributed by atoms with Crippen molar-refractivity contribution in [3.8, 4) is 0 Å². The molecule has 0 saturated heterocycles. The van der Waals surface area contributed by atoms with Gasteiger partial charge in [-0.05, 0) is 20.8 Å². The van der Waals surface area contributed by atoms with Crippen LogP contribution in [0.1, 0.15) is 20.8 Å². The van der Waals surface area contributed by atoms with E-state index in [4.69, 9.17) is 4.43 Å². The normalized spacial score (nSPS) is 10.0. The van der Waals surface area contributed by atoms with Crippen LogP contribution in [-0.4, -0.2) is 15.9 Å². The Morgan fingerprint density at radius 3 is 2.25 bits per heavy atom. The monoisotopic (exact) mass is 128 g/mol. The highest BCUT2D eigenvalue weighted by Crippen LogP contribution is 1.89. The topological polar surface area (TPSA) is 9.23 Å². The largest absolute Gasteiger partial charge is 0.409 e. The van der Waals surface area contributed by atoms with Crippen LogP contribution in [0, 0.1) is 0 Å². The molecule has 0 atom stereocenters. The molecular weight excluding hydrogens is 116 g/mol. The summed E-state index contributed by atoms with van der Waals surface area (Å²) in [5.74, 6) is 0. The maximum Gasteiger partial charge on any atom is 0.263 e. The molecule has 0 fully saturated rings. The van der Waals surface area contributed by atoms with Crippen molar-refractivity contribution in [2.45, 2.75) is 26.9 Å². The summed E-state index contributed by atoms with van der Waals surface area (Å²) >= 11 is 0. The molecule has 1 nitrogen and oxygen atoms in total. The number of allylic oxidation sites excluding steroid dienone is 1. The minimum atomic E-state index is 0.338. The van der Waals surface area contributed by atoms with Crippen molar-refractivity contribution in [2.75, 3.05) is 0 Å². The summed E-state index contributed by atoms with van der Waals surface area (Å²) in [6, 6.07) is 0. The fourth-order valence-electron chi connectivity index (χ4n) is 0.218. The van der Waals surface area contributed by atoms with E-state index in [1.54, 1.807) is 0 Å². The Labute approximate surface area is 53.7 Å². The van der Waals surface area contributed by atoms with E-state index in [9.17, 15) is 0 Å². The summed E-state index contributed by atoms with van der Waals surface area (Å²) in [5.41, 5.74) is 0. The Bertz CT molecular complexity index is 78.6. The minimum absolute atomic E-state index is 0.338. The molecular formula is C6H12OSi. The van der Waals surface area contributed by atoms with Crippen molar-refractivity contribution >= 4 is 9.76 Å². The highest BCUT2D eigenvalue weighted by Gasteiger charge is 1.93. The molecule has 8 heavy (non-hydrogen) atoms. The molecule has 0 amide bonds. The van der Waals surface area contributed by atoms with Gasteiger partial charge in [0.2, 0.25) is 0 Å². The van der Waals surface area contributed by atoms with Crippen LogP contribution >= 0.6 is 0 Å². The third kappa shape index (κ3) is 5.92. The molecule has 0 aliphatic rings. The highest BCUT2D eigenvalue weighted by molar-refractivity contribution is 6.37. The molecule has 0 saturated carbocycles. The van der Waals surface area contributed by atoms with Gasteiger partial charge in [-0.1, -0.05) is 5.20 Å². The van der Waals surface area contributed by atoms with Crippen LogP contribution in [0.5, 0.6) is 0 Å². The van der Waals surface area contributed by atoms with Crippen molar-refractivity contribution in [3.05, 3.63) is 11.8 Å². The molecule has 0 aliphatic carbocycles. The summed E-state index contributed by atoms with van der Waals surface area (Å²) in [5, 5.41) is 1.11. The summed E-state index contributed by atoms with van der Waals surface area (Å²) in [6.07, 6.45) is 0.338. The van der Waals surface area contributed by atoms with Crippen molar-refractivity contribution in [1.29, 1.82) is 0 Å². The van der Waals surface area contributed by atoms with E-state index >= 15 is 0 Å². The SMILES string of the molecule is C=C(C)[Si]OC(C)C. The van der Waals surface area contributed by atoms with E-state index in [1.165, 1.54) is 0 Å². The quantitative estimate of drug-likeness (QED) is 0.524. The lowest BCUT2D eigenvalue weighted by atomic mass is 10.5. The molecule has 2 radical (unpaired) electrons. The molecule has 0 rings (SSSR count). The van der Waals surface area contributed by atoms with Gasteiger partial charge in [0.25, 0.3) is 9.76 Å². The molecule has 2 heteroatoms. The zero-order valence-electron chi connectivity index (χ0n) is 5.69. The highest BCUT2D eigenvalue weighted by atomic mass is 28.2. The predicted molar refractivity (Wildman–Crippen MR) is 36.8 cm³/mol. The first-order chi connectivity index (χ1) is 3.63. The Morgan fingerprint density at radius 1 is 1.62 bits per heavy atom. The van der Waals surface area contributed by atoms with Crippen molar-refractivity contribution in [1.82, 2.24) is 0 Å². The molecule has 0 aromatic heterocycles. The van der Waals surface area contributed by atoms with Crippen LogP contribution in [0.3, 0.4) is 0 Å². The van der Waals surface area contributed by atoms with Gasteiger partial charge in [0.1, 0.15) is 0 Å². The zero-order valence-corrected chi connectivity index (χ0v) is 6.69. The molecule has 0 spiro atoms. The van der Waals surface area contributed by atoms with Crippen LogP contribution in [0.15, 0.2) is 11.8 Å². The second kappa shape index (κ2) is 3.86. The standard InChI is InChI=1S/C6H12OSi/c1-5(2)7-8-6(3)4/h5H,3H2,1-2,4H3. The second-order valence-corrected chi connectivity index (χ2v) is 3.34. The molecule has 0 aromatic rings. The summed E-state index contributed by atoms with van der Waals surface area (Å²) in [7, 11) is 0.475. The summed E-state index contributed by atoms with van der Waals surface area (Å²) in [4.78, 5) is 0. The lowest BCUT2D eigenvalue weighted by molar-refractivity contribution is 0.259. The van der Waals surface area contributed by atoms with Gasteiger partial charge in [-0.3, -0.25) is 0 Å². The number of hydrogen-bond acceptors (Lipinski definition) is 1. The minimum Gasteiger partial charge on any atom is -0.409 e. The van der Waals surface area contributed by atoms with Gasteiger partial charge in [0.15, 0.2) is 0 Å². The third-order valence-electron chi connectivity index (χ3n) is 0.469. The maximum atomic E-state index is 5.23. The molecule has 0 aromatic carbocycles. The summed E-state index contributed by atoms with van der Waals surface area (Å²) < 4.78 is 5.23. The van der Waals surface area contributed by atoms with E-state index in [2.05, 4.69) is 6.58 Å². The first-order valence-corrected chi connectivity index (χ1v) is 3.61. The molecule has 46 valence electrons. The van der Waals surface area contributed by atoms with E-state index in [1.807, 2.05) is 20.8 Å². The maximum absolute atomic E-state index is 5.23. The van der Waals surface area contributed by atoms with Gasteiger partial charge in [-0.15, -0.1) is 6.58 Å². The van der Waals surface area contributed by atoms with Gasteiger partial charge in [-0.25, -0.2) is 0 Å². The Balaban J connectivity index is 3.05. The van der Waals surface area contributed by atoms with E-state index in [-0.39, 0.29) is 0 Å². The van der Waals surface area contributed by atoms with Crippen LogP contribution in [-0.2, 0) is 4.43 Å². The van der Waals surface area contributed by atoms with Crippen molar-refractivity contribution in [2.24, 2.45) is 0 Å². The first-order valence-electron chi connectivity index (χ1n) is 2.70. The van der Waals surface area contributed by atoms with Crippen LogP contribution in [0.4, 0.5) is 0 Å². The molecule has 0 N–H and O–H groups in total. The molecule has 0 heterocycles. The average molecular weight is 128 g/mol. The molecule has 0 aliphatic heterocycles. The van der Waals surface area contributed by atoms with Crippen LogP contribution in [0.2, 0.25) is 0 Å². The number of rotatable bonds is 3. The zero-order chi connectivity index (χ0) is 6.57. The fourth-order valence-corrected chi connectivity index (χ4v) is 0.655. The third-order valence-corrected chi connectivity index (χ3v) is 1.41. The molecule has 0 unspecified atom stereocenters. The Hall–Kier alpha value is -0.0831. The Morgan fingerprint density at radius 2 is 2.12 bits per heavy atom. The molecule has 0 bridgehead atoms. The average Bonchev–Trinajstić information content (AvgIpc) is 1.61. The van der Waals surface area contributed by atoms with E-state index < -0.39 is 0 Å². The first kappa shape index (κ1) is 7.92. The van der Waals surface area contributed by atoms with Gasteiger partial charge in [0, 0.05) is 6.10 Å². The van der Waals surface area contributed by atoms with E-state index in [0.29, 0.717) is 15.9 Å². The number of hydrogen-bond donors (Lipinski definition) is 0.